The molecule has 0 unspecified atom stereocenters. The van der Waals surface area contributed by atoms with Gasteiger partial charge in [-0.3, -0.25) is 4.99 Å². The smallest absolute Gasteiger partial charge is 0.0663 e. The summed E-state index contributed by atoms with van der Waals surface area (Å²) in [6.07, 6.45) is 9.83. The average Bonchev–Trinajstić information content (AvgIpc) is 2.71. The molecule has 3 heteroatoms. The van der Waals surface area contributed by atoms with Crippen LogP contribution < -0.4 is 5.32 Å². The molecule has 0 aliphatic heterocycles. The summed E-state index contributed by atoms with van der Waals surface area (Å²) in [7, 11) is 1.85. The summed E-state index contributed by atoms with van der Waals surface area (Å²) in [5.74, 6) is 0.479. The predicted molar refractivity (Wildman–Crippen MR) is 119 cm³/mol. The Bertz CT molecular complexity index is 874. The van der Waals surface area contributed by atoms with Gasteiger partial charge in [0, 0.05) is 23.8 Å². The minimum absolute atomic E-state index is 0.479. The van der Waals surface area contributed by atoms with Gasteiger partial charge in [-0.15, -0.1) is 0 Å². The van der Waals surface area contributed by atoms with Gasteiger partial charge >= 0.3 is 0 Å². The van der Waals surface area contributed by atoms with Crippen LogP contribution in [0.1, 0.15) is 24.5 Å². The molecule has 0 bridgehead atoms. The summed E-state index contributed by atoms with van der Waals surface area (Å²) >= 11 is 3.50. The summed E-state index contributed by atoms with van der Waals surface area (Å²) in [6.45, 7) is 3.05. The maximum absolute atomic E-state index is 4.53. The number of halogens is 1. The van der Waals surface area contributed by atoms with Gasteiger partial charge in [0.25, 0.3) is 0 Å². The van der Waals surface area contributed by atoms with Crippen LogP contribution in [0.15, 0.2) is 99.6 Å². The Morgan fingerprint density at radius 2 is 1.89 bits per heavy atom. The van der Waals surface area contributed by atoms with Crippen molar-refractivity contribution in [3.8, 4) is 0 Å². The number of aliphatic imine (C=N–C) groups is 1. The van der Waals surface area contributed by atoms with Gasteiger partial charge in [-0.25, -0.2) is 0 Å². The van der Waals surface area contributed by atoms with E-state index in [9.17, 15) is 0 Å². The number of allylic oxidation sites excluding steroid dienone is 5. The van der Waals surface area contributed by atoms with Crippen LogP contribution in [-0.4, -0.2) is 12.8 Å². The first kappa shape index (κ1) is 19.4. The van der Waals surface area contributed by atoms with Gasteiger partial charge in [-0.1, -0.05) is 83.5 Å². The highest BCUT2D eigenvalue weighted by Crippen LogP contribution is 2.26. The van der Waals surface area contributed by atoms with Crippen molar-refractivity contribution in [3.05, 3.63) is 106 Å². The van der Waals surface area contributed by atoms with Crippen LogP contribution in [0.2, 0.25) is 0 Å². The molecule has 27 heavy (non-hydrogen) atoms. The molecule has 1 aliphatic rings. The molecule has 3 rings (SSSR count). The van der Waals surface area contributed by atoms with Crippen LogP contribution >= 0.6 is 15.9 Å². The molecule has 1 aliphatic carbocycles. The van der Waals surface area contributed by atoms with E-state index < -0.39 is 0 Å². The van der Waals surface area contributed by atoms with E-state index in [1.165, 1.54) is 11.1 Å². The Morgan fingerprint density at radius 1 is 1.15 bits per heavy atom. The molecule has 0 aromatic heterocycles. The van der Waals surface area contributed by atoms with Crippen LogP contribution in [0.5, 0.6) is 0 Å². The van der Waals surface area contributed by atoms with Crippen LogP contribution in [0, 0.1) is 5.92 Å². The van der Waals surface area contributed by atoms with Crippen LogP contribution in [-0.2, 0) is 6.54 Å². The molecular weight excluding hydrogens is 396 g/mol. The van der Waals surface area contributed by atoms with E-state index in [1.807, 2.05) is 13.1 Å². The molecule has 138 valence electrons. The van der Waals surface area contributed by atoms with Crippen molar-refractivity contribution in [1.29, 1.82) is 0 Å². The van der Waals surface area contributed by atoms with Gasteiger partial charge in [-0.05, 0) is 47.2 Å². The van der Waals surface area contributed by atoms with Crippen molar-refractivity contribution in [2.45, 2.75) is 19.9 Å². The SMILES string of the molecule is CN=C(C=C(NCc1ccc(Br)cc1)C1=CC=CC[C@H]1C)c1ccccc1. The first-order valence-corrected chi connectivity index (χ1v) is 10.1. The van der Waals surface area contributed by atoms with Crippen molar-refractivity contribution in [2.75, 3.05) is 7.05 Å². The van der Waals surface area contributed by atoms with Crippen molar-refractivity contribution < 1.29 is 0 Å². The average molecular weight is 421 g/mol. The summed E-state index contributed by atoms with van der Waals surface area (Å²) in [5.41, 5.74) is 5.82. The lowest BCUT2D eigenvalue weighted by Gasteiger charge is -2.22. The number of benzene rings is 2. The van der Waals surface area contributed by atoms with E-state index in [0.29, 0.717) is 5.92 Å². The molecule has 0 saturated carbocycles. The zero-order valence-electron chi connectivity index (χ0n) is 15.8. The van der Waals surface area contributed by atoms with Crippen LogP contribution in [0.25, 0.3) is 0 Å². The zero-order chi connectivity index (χ0) is 19.1. The van der Waals surface area contributed by atoms with E-state index in [1.54, 1.807) is 0 Å². The third-order valence-electron chi connectivity index (χ3n) is 4.73. The maximum atomic E-state index is 4.53. The molecule has 0 fully saturated rings. The molecule has 2 nitrogen and oxygen atoms in total. The van der Waals surface area contributed by atoms with Crippen LogP contribution in [0.4, 0.5) is 0 Å². The molecule has 1 atom stereocenters. The molecule has 0 radical (unpaired) electrons. The van der Waals surface area contributed by atoms with E-state index in [2.05, 4.69) is 106 Å². The number of nitrogens with one attached hydrogen (secondary N) is 1. The molecule has 1 N–H and O–H groups in total. The Hall–Kier alpha value is -2.39. The number of rotatable bonds is 6. The van der Waals surface area contributed by atoms with Gasteiger partial charge in [0.2, 0.25) is 0 Å². The number of nitrogens with zero attached hydrogens (tertiary/aromatic N) is 1. The van der Waals surface area contributed by atoms with Crippen LogP contribution in [0.3, 0.4) is 0 Å². The fourth-order valence-electron chi connectivity index (χ4n) is 3.16. The predicted octanol–water partition coefficient (Wildman–Crippen LogP) is 6.06. The summed E-state index contributed by atoms with van der Waals surface area (Å²) in [6, 6.07) is 18.8. The van der Waals surface area contributed by atoms with E-state index >= 15 is 0 Å². The highest BCUT2D eigenvalue weighted by Gasteiger charge is 2.15. The van der Waals surface area contributed by atoms with Gasteiger partial charge < -0.3 is 5.32 Å². The lowest BCUT2D eigenvalue weighted by Crippen LogP contribution is -2.20. The summed E-state index contributed by atoms with van der Waals surface area (Å²) in [5, 5.41) is 3.65. The fraction of sp³-hybridized carbons (Fsp3) is 0.208. The topological polar surface area (TPSA) is 24.4 Å². The second-order valence-electron chi connectivity index (χ2n) is 6.70. The van der Waals surface area contributed by atoms with Crippen molar-refractivity contribution in [3.63, 3.8) is 0 Å². The first-order chi connectivity index (χ1) is 13.2. The molecule has 0 spiro atoms. The summed E-state index contributed by atoms with van der Waals surface area (Å²) in [4.78, 5) is 4.53. The molecule has 2 aromatic carbocycles. The quantitative estimate of drug-likeness (QED) is 0.563. The zero-order valence-corrected chi connectivity index (χ0v) is 17.4. The van der Waals surface area contributed by atoms with E-state index in [4.69, 9.17) is 0 Å². The van der Waals surface area contributed by atoms with Crippen molar-refractivity contribution in [1.82, 2.24) is 5.32 Å². The van der Waals surface area contributed by atoms with E-state index in [0.717, 1.165) is 34.4 Å². The molecule has 0 heterocycles. The molecular formula is C24H25BrN2. The molecule has 2 aromatic rings. The largest absolute Gasteiger partial charge is 0.381 e. The van der Waals surface area contributed by atoms with Crippen molar-refractivity contribution >= 4 is 21.6 Å². The Labute approximate surface area is 170 Å². The Balaban J connectivity index is 1.90. The van der Waals surface area contributed by atoms with Gasteiger partial charge in [0.15, 0.2) is 0 Å². The minimum Gasteiger partial charge on any atom is -0.381 e. The fourth-order valence-corrected chi connectivity index (χ4v) is 3.42. The highest BCUT2D eigenvalue weighted by molar-refractivity contribution is 9.10. The lowest BCUT2D eigenvalue weighted by molar-refractivity contribution is 0.666. The maximum Gasteiger partial charge on any atom is 0.0663 e. The van der Waals surface area contributed by atoms with Gasteiger partial charge in [0.05, 0.1) is 5.71 Å². The summed E-state index contributed by atoms with van der Waals surface area (Å²) < 4.78 is 1.10. The Morgan fingerprint density at radius 3 is 2.56 bits per heavy atom. The monoisotopic (exact) mass is 420 g/mol. The van der Waals surface area contributed by atoms with Crippen molar-refractivity contribution in [2.24, 2.45) is 10.9 Å². The molecule has 0 saturated heterocycles. The highest BCUT2D eigenvalue weighted by atomic mass is 79.9. The standard InChI is InChI=1S/C24H25BrN2/c1-18-8-6-7-11-22(18)24(27-17-19-12-14-21(25)15-13-19)16-23(26-2)20-9-4-3-5-10-20/h3-7,9-16,18,27H,8,17H2,1-2H3/t18-/m1/s1. The second-order valence-corrected chi connectivity index (χ2v) is 7.62. The number of hydrogen-bond donors (Lipinski definition) is 1. The van der Waals surface area contributed by atoms with Gasteiger partial charge in [0.1, 0.15) is 0 Å². The lowest BCUT2D eigenvalue weighted by atomic mass is 9.90. The second kappa shape index (κ2) is 9.52. The van der Waals surface area contributed by atoms with E-state index in [-0.39, 0.29) is 0 Å². The third-order valence-corrected chi connectivity index (χ3v) is 5.26. The third kappa shape index (κ3) is 5.30. The Kier molecular flexibility index (Phi) is 6.83. The molecule has 0 amide bonds. The normalized spacial score (nSPS) is 17.6. The first-order valence-electron chi connectivity index (χ1n) is 9.26. The van der Waals surface area contributed by atoms with Gasteiger partial charge in [-0.2, -0.15) is 0 Å². The minimum atomic E-state index is 0.479. The number of hydrogen-bond acceptors (Lipinski definition) is 2.